The smallest absolute Gasteiger partial charge is 0.132 e. The van der Waals surface area contributed by atoms with Gasteiger partial charge >= 0.3 is 0 Å². The van der Waals surface area contributed by atoms with Gasteiger partial charge in [-0.25, -0.2) is 0 Å². The van der Waals surface area contributed by atoms with E-state index in [0.29, 0.717) is 0 Å². The Morgan fingerprint density at radius 1 is 0.323 bits per heavy atom. The highest BCUT2D eigenvalue weighted by molar-refractivity contribution is 6.26. The number of nitrogens with zero attached hydrogens (tertiary/aromatic N) is 1. The molecule has 2 nitrogen and oxygen atoms in total. The van der Waals surface area contributed by atoms with E-state index in [2.05, 4.69) is 229 Å². The zero-order valence-corrected chi connectivity index (χ0v) is 35.2. The van der Waals surface area contributed by atoms with Crippen molar-refractivity contribution in [2.24, 2.45) is 0 Å². The molecule has 0 amide bonds. The topological polar surface area (TPSA) is 14.2 Å². The maximum Gasteiger partial charge on any atom is 0.132 e. The zero-order valence-electron chi connectivity index (χ0n) is 35.2. The molecular formula is C63H37NO. The molecule has 0 saturated heterocycles. The number of para-hydroxylation sites is 2. The van der Waals surface area contributed by atoms with Gasteiger partial charge < -0.3 is 9.30 Å². The van der Waals surface area contributed by atoms with Crippen LogP contribution in [0.3, 0.4) is 0 Å². The van der Waals surface area contributed by atoms with Gasteiger partial charge in [0.2, 0.25) is 0 Å². The predicted octanol–water partition coefficient (Wildman–Crippen LogP) is 16.7. The lowest BCUT2D eigenvalue weighted by Crippen LogP contribution is -2.32. The Hall–Kier alpha value is -8.46. The van der Waals surface area contributed by atoms with Gasteiger partial charge in [-0.3, -0.25) is 0 Å². The third-order valence-electron chi connectivity index (χ3n) is 14.8. The van der Waals surface area contributed by atoms with Crippen LogP contribution in [0, 0.1) is 0 Å². The zero-order chi connectivity index (χ0) is 42.4. The first-order valence-electron chi connectivity index (χ1n) is 22.6. The second kappa shape index (κ2) is 12.8. The monoisotopic (exact) mass is 823 g/mol. The molecule has 12 aromatic carbocycles. The molecule has 0 radical (unpaired) electrons. The second-order valence-electron chi connectivity index (χ2n) is 17.9. The van der Waals surface area contributed by atoms with Crippen LogP contribution in [0.2, 0.25) is 0 Å². The third kappa shape index (κ3) is 4.58. The quantitative estimate of drug-likeness (QED) is 0.158. The van der Waals surface area contributed by atoms with Crippen molar-refractivity contribution in [3.63, 3.8) is 0 Å². The van der Waals surface area contributed by atoms with E-state index in [4.69, 9.17) is 4.74 Å². The molecule has 2 heteroatoms. The second-order valence-corrected chi connectivity index (χ2v) is 17.9. The Morgan fingerprint density at radius 3 is 1.58 bits per heavy atom. The minimum Gasteiger partial charge on any atom is -0.457 e. The van der Waals surface area contributed by atoms with Crippen LogP contribution in [-0.4, -0.2) is 4.57 Å². The van der Waals surface area contributed by atoms with Crippen molar-refractivity contribution in [2.45, 2.75) is 5.41 Å². The molecule has 1 aromatic heterocycles. The lowest BCUT2D eigenvalue weighted by atomic mass is 9.66. The molecule has 15 rings (SSSR count). The molecule has 1 aliphatic heterocycles. The van der Waals surface area contributed by atoms with E-state index in [9.17, 15) is 0 Å². The van der Waals surface area contributed by atoms with Crippen molar-refractivity contribution in [3.05, 3.63) is 247 Å². The van der Waals surface area contributed by atoms with Crippen LogP contribution in [-0.2, 0) is 5.41 Å². The lowest BCUT2D eigenvalue weighted by molar-refractivity contribution is 0.436. The highest BCUT2D eigenvalue weighted by Crippen LogP contribution is 2.63. The average Bonchev–Trinajstić information content (AvgIpc) is 3.87. The predicted molar refractivity (Wildman–Crippen MR) is 271 cm³/mol. The molecule has 2 heterocycles. The molecule has 0 atom stereocenters. The summed E-state index contributed by atoms with van der Waals surface area (Å²) in [4.78, 5) is 0. The number of rotatable bonds is 2. The van der Waals surface area contributed by atoms with Gasteiger partial charge in [-0.2, -0.15) is 0 Å². The minimum absolute atomic E-state index is 0.571. The normalized spacial score (nSPS) is 13.5. The first-order chi connectivity index (χ1) is 32.2. The molecule has 300 valence electrons. The van der Waals surface area contributed by atoms with Crippen molar-refractivity contribution < 1.29 is 4.74 Å². The molecule has 1 spiro atoms. The summed E-state index contributed by atoms with van der Waals surface area (Å²) in [6.45, 7) is 0. The van der Waals surface area contributed by atoms with Crippen molar-refractivity contribution in [1.82, 2.24) is 4.57 Å². The fraction of sp³-hybridized carbons (Fsp3) is 0.0159. The average molecular weight is 824 g/mol. The number of benzene rings is 12. The van der Waals surface area contributed by atoms with Crippen LogP contribution in [0.15, 0.2) is 224 Å². The maximum absolute atomic E-state index is 6.72. The van der Waals surface area contributed by atoms with E-state index in [-0.39, 0.29) is 0 Å². The van der Waals surface area contributed by atoms with Crippen LogP contribution in [0.5, 0.6) is 11.5 Å². The van der Waals surface area contributed by atoms with Crippen LogP contribution >= 0.6 is 0 Å². The summed E-state index contributed by atoms with van der Waals surface area (Å²) in [5, 5.41) is 15.2. The van der Waals surface area contributed by atoms with E-state index < -0.39 is 5.41 Å². The van der Waals surface area contributed by atoms with Crippen molar-refractivity contribution in [3.8, 4) is 39.4 Å². The first-order valence-corrected chi connectivity index (χ1v) is 22.6. The summed E-state index contributed by atoms with van der Waals surface area (Å²) in [5.74, 6) is 1.80. The van der Waals surface area contributed by atoms with Gasteiger partial charge in [-0.1, -0.05) is 176 Å². The van der Waals surface area contributed by atoms with E-state index in [0.717, 1.165) is 17.2 Å². The van der Waals surface area contributed by atoms with E-state index >= 15 is 0 Å². The van der Waals surface area contributed by atoms with Crippen LogP contribution in [0.4, 0.5) is 0 Å². The van der Waals surface area contributed by atoms with E-state index in [1.807, 2.05) is 0 Å². The summed E-state index contributed by atoms with van der Waals surface area (Å²) in [5.41, 5.74) is 12.9. The maximum atomic E-state index is 6.72. The van der Waals surface area contributed by atoms with Crippen molar-refractivity contribution in [2.75, 3.05) is 0 Å². The van der Waals surface area contributed by atoms with E-state index in [1.54, 1.807) is 0 Å². The Bertz CT molecular complexity index is 4150. The molecule has 0 fully saturated rings. The van der Waals surface area contributed by atoms with Gasteiger partial charge in [-0.15, -0.1) is 0 Å². The van der Waals surface area contributed by atoms with Gasteiger partial charge in [0, 0.05) is 27.6 Å². The molecule has 0 N–H and O–H groups in total. The van der Waals surface area contributed by atoms with Gasteiger partial charge in [0.15, 0.2) is 0 Å². The fourth-order valence-electron chi connectivity index (χ4n) is 12.1. The molecule has 0 bridgehead atoms. The summed E-state index contributed by atoms with van der Waals surface area (Å²) in [6.07, 6.45) is 0. The number of hydrogen-bond acceptors (Lipinski definition) is 1. The van der Waals surface area contributed by atoms with Gasteiger partial charge in [0.25, 0.3) is 0 Å². The van der Waals surface area contributed by atoms with Gasteiger partial charge in [0.1, 0.15) is 11.5 Å². The number of ether oxygens (including phenoxy) is 1. The summed E-state index contributed by atoms with van der Waals surface area (Å²) < 4.78 is 9.21. The summed E-state index contributed by atoms with van der Waals surface area (Å²) >= 11 is 0. The van der Waals surface area contributed by atoms with Crippen molar-refractivity contribution in [1.29, 1.82) is 0 Å². The number of hydrogen-bond donors (Lipinski definition) is 0. The van der Waals surface area contributed by atoms with Crippen molar-refractivity contribution >= 4 is 75.7 Å². The van der Waals surface area contributed by atoms with Gasteiger partial charge in [-0.05, 0) is 136 Å². The number of fused-ring (bicyclic) bond motifs is 22. The van der Waals surface area contributed by atoms with Crippen LogP contribution < -0.4 is 4.74 Å². The lowest BCUT2D eigenvalue weighted by Gasteiger charge is -2.39. The summed E-state index contributed by atoms with van der Waals surface area (Å²) in [7, 11) is 0. The standard InChI is InChI=1S/C63H37NO/c1-3-15-43-38(13-1)26-32-55-61(43)50-30-25-41(36-56(50)63(55)53-21-9-11-23-59(53)65-60-24-12-10-22-54(60)63)40-28-33-57-52(35-40)62-44-16-4-2-14-39(44)27-34-58(62)64(57)42-29-31-49-47-19-6-5-17-45(47)46-18-7-8-20-48(46)51(49)37-42/h1-37H. The number of aromatic nitrogens is 1. The molecular weight excluding hydrogens is 787 g/mol. The highest BCUT2D eigenvalue weighted by Gasteiger charge is 2.51. The highest BCUT2D eigenvalue weighted by atomic mass is 16.5. The van der Waals surface area contributed by atoms with Gasteiger partial charge in [0.05, 0.1) is 16.4 Å². The van der Waals surface area contributed by atoms with Crippen LogP contribution in [0.1, 0.15) is 22.3 Å². The minimum atomic E-state index is -0.571. The molecule has 0 saturated carbocycles. The Morgan fingerprint density at radius 2 is 0.862 bits per heavy atom. The SMILES string of the molecule is c1ccc2c(c1)Oc1ccccc1C21c2cc(-c3ccc4c(c3)c3c5ccccc5ccc3n4-c3ccc4c5ccccc5c5ccccc5c4c3)ccc2-c2c1ccc1ccccc21. The Balaban J connectivity index is 1.00. The van der Waals surface area contributed by atoms with Crippen LogP contribution in [0.25, 0.3) is 104 Å². The molecule has 1 aliphatic carbocycles. The summed E-state index contributed by atoms with van der Waals surface area (Å²) in [6, 6.07) is 83.4. The molecule has 65 heavy (non-hydrogen) atoms. The Kier molecular flexibility index (Phi) is 6.91. The third-order valence-corrected chi connectivity index (χ3v) is 14.8. The Labute approximate surface area is 374 Å². The largest absolute Gasteiger partial charge is 0.457 e. The fourth-order valence-corrected chi connectivity index (χ4v) is 12.1. The molecule has 13 aromatic rings. The molecule has 2 aliphatic rings. The molecule has 0 unspecified atom stereocenters. The first kappa shape index (κ1) is 35.1. The van der Waals surface area contributed by atoms with E-state index in [1.165, 1.54) is 120 Å².